The minimum atomic E-state index is -3.73. The molecule has 11 heteroatoms. The molecule has 2 aromatic rings. The molecule has 1 amide bonds. The van der Waals surface area contributed by atoms with Crippen molar-refractivity contribution in [3.05, 3.63) is 48.0 Å². The number of fused-ring (bicyclic) bond motifs is 1. The van der Waals surface area contributed by atoms with E-state index in [0.717, 1.165) is 26.9 Å². The fraction of sp³-hybridized carbons (Fsp3) is 0.409. The summed E-state index contributed by atoms with van der Waals surface area (Å²) in [6, 6.07) is 11.2. The third-order valence-corrected chi connectivity index (χ3v) is 8.25. The predicted octanol–water partition coefficient (Wildman–Crippen LogP) is 2.08. The molecule has 3 rings (SSSR count). The van der Waals surface area contributed by atoms with Crippen LogP contribution in [0.2, 0.25) is 0 Å². The number of benzene rings is 2. The van der Waals surface area contributed by atoms with Crippen molar-refractivity contribution in [1.82, 2.24) is 4.31 Å². The predicted molar refractivity (Wildman–Crippen MR) is 128 cm³/mol. The van der Waals surface area contributed by atoms with Crippen LogP contribution in [0.25, 0.3) is 0 Å². The highest BCUT2D eigenvalue weighted by Crippen LogP contribution is 2.31. The van der Waals surface area contributed by atoms with Crippen LogP contribution in [-0.2, 0) is 31.3 Å². The van der Waals surface area contributed by atoms with Gasteiger partial charge in [-0.15, -0.1) is 0 Å². The van der Waals surface area contributed by atoms with Gasteiger partial charge in [-0.05, 0) is 60.9 Å². The standard InChI is InChI=1S/C22H29N3O6S2/c1-5-14-31-19-8-6-18(7-9-19)25(32(4,27)28)16-22(26)24-13-12-17-15-20(10-11-21(17)24)33(29,30)23(2)3/h6-11,15H,5,12-14,16H2,1-4H3. The molecule has 180 valence electrons. The maximum Gasteiger partial charge on any atom is 0.247 e. The Balaban J connectivity index is 1.82. The molecule has 0 aliphatic carbocycles. The minimum Gasteiger partial charge on any atom is -0.494 e. The zero-order chi connectivity index (χ0) is 24.4. The molecule has 0 saturated carbocycles. The molecular weight excluding hydrogens is 466 g/mol. The van der Waals surface area contributed by atoms with Crippen LogP contribution >= 0.6 is 0 Å². The average Bonchev–Trinajstić information content (AvgIpc) is 3.19. The fourth-order valence-corrected chi connectivity index (χ4v) is 5.35. The molecule has 0 radical (unpaired) electrons. The van der Waals surface area contributed by atoms with E-state index in [4.69, 9.17) is 4.74 Å². The summed E-state index contributed by atoms with van der Waals surface area (Å²) in [6.07, 6.45) is 2.39. The molecule has 0 unspecified atom stereocenters. The Labute approximate surface area is 195 Å². The van der Waals surface area contributed by atoms with Crippen LogP contribution < -0.4 is 13.9 Å². The van der Waals surface area contributed by atoms with Gasteiger partial charge in [-0.3, -0.25) is 9.10 Å². The van der Waals surface area contributed by atoms with E-state index in [1.165, 1.54) is 25.1 Å². The molecule has 1 heterocycles. The van der Waals surface area contributed by atoms with Crippen LogP contribution in [0.5, 0.6) is 5.75 Å². The second kappa shape index (κ2) is 9.70. The topological polar surface area (TPSA) is 104 Å². The Morgan fingerprint density at radius 1 is 1.06 bits per heavy atom. The van der Waals surface area contributed by atoms with Gasteiger partial charge in [0.15, 0.2) is 0 Å². The van der Waals surface area contributed by atoms with Crippen LogP contribution in [0, 0.1) is 0 Å². The quantitative estimate of drug-likeness (QED) is 0.528. The Hall–Kier alpha value is -2.63. The van der Waals surface area contributed by atoms with Gasteiger partial charge in [0.1, 0.15) is 12.3 Å². The molecule has 0 saturated heterocycles. The smallest absolute Gasteiger partial charge is 0.247 e. The van der Waals surface area contributed by atoms with Crippen LogP contribution in [0.4, 0.5) is 11.4 Å². The first-order chi connectivity index (χ1) is 15.4. The highest BCUT2D eigenvalue weighted by Gasteiger charge is 2.30. The monoisotopic (exact) mass is 495 g/mol. The third-order valence-electron chi connectivity index (χ3n) is 5.30. The number of ether oxygens (including phenoxy) is 1. The first-order valence-corrected chi connectivity index (χ1v) is 13.8. The van der Waals surface area contributed by atoms with Crippen LogP contribution in [0.3, 0.4) is 0 Å². The minimum absolute atomic E-state index is 0.156. The molecule has 0 N–H and O–H groups in total. The highest BCUT2D eigenvalue weighted by atomic mass is 32.2. The van der Waals surface area contributed by atoms with E-state index in [1.807, 2.05) is 6.92 Å². The first-order valence-electron chi connectivity index (χ1n) is 10.5. The zero-order valence-electron chi connectivity index (χ0n) is 19.2. The molecular formula is C22H29N3O6S2. The number of carbonyl (C=O) groups excluding carboxylic acids is 1. The largest absolute Gasteiger partial charge is 0.494 e. The van der Waals surface area contributed by atoms with Crippen molar-refractivity contribution < 1.29 is 26.4 Å². The normalized spacial score (nSPS) is 13.8. The van der Waals surface area contributed by atoms with Crippen molar-refractivity contribution in [3.8, 4) is 5.75 Å². The number of anilines is 2. The lowest BCUT2D eigenvalue weighted by atomic mass is 10.2. The highest BCUT2D eigenvalue weighted by molar-refractivity contribution is 7.92. The van der Waals surface area contributed by atoms with Gasteiger partial charge in [0.25, 0.3) is 0 Å². The summed E-state index contributed by atoms with van der Waals surface area (Å²) >= 11 is 0. The molecule has 9 nitrogen and oxygen atoms in total. The number of rotatable bonds is 9. The lowest BCUT2D eigenvalue weighted by molar-refractivity contribution is -0.117. The van der Waals surface area contributed by atoms with Gasteiger partial charge in [-0.25, -0.2) is 21.1 Å². The first kappa shape index (κ1) is 25.0. The number of hydrogen-bond donors (Lipinski definition) is 0. The maximum atomic E-state index is 13.1. The lowest BCUT2D eigenvalue weighted by Crippen LogP contribution is -2.42. The Kier molecular flexibility index (Phi) is 7.35. The molecule has 2 aromatic carbocycles. The number of hydrogen-bond acceptors (Lipinski definition) is 6. The third kappa shape index (κ3) is 5.48. The average molecular weight is 496 g/mol. The number of sulfonamides is 2. The van der Waals surface area contributed by atoms with Gasteiger partial charge < -0.3 is 9.64 Å². The summed E-state index contributed by atoms with van der Waals surface area (Å²) in [6.45, 7) is 2.52. The van der Waals surface area contributed by atoms with Gasteiger partial charge in [-0.1, -0.05) is 6.92 Å². The number of nitrogens with zero attached hydrogens (tertiary/aromatic N) is 3. The van der Waals surface area contributed by atoms with Crippen LogP contribution in [-0.4, -0.2) is 67.1 Å². The second-order valence-electron chi connectivity index (χ2n) is 7.99. The van der Waals surface area contributed by atoms with E-state index in [9.17, 15) is 21.6 Å². The van der Waals surface area contributed by atoms with Gasteiger partial charge >= 0.3 is 0 Å². The molecule has 0 fully saturated rings. The molecule has 0 spiro atoms. The lowest BCUT2D eigenvalue weighted by Gasteiger charge is -2.25. The summed E-state index contributed by atoms with van der Waals surface area (Å²) in [4.78, 5) is 14.8. The van der Waals surface area contributed by atoms with E-state index in [-0.39, 0.29) is 11.4 Å². The van der Waals surface area contributed by atoms with E-state index in [1.54, 1.807) is 36.4 Å². The summed E-state index contributed by atoms with van der Waals surface area (Å²) in [5.74, 6) is 0.228. The number of carbonyl (C=O) groups is 1. The van der Waals surface area contributed by atoms with E-state index in [2.05, 4.69) is 0 Å². The van der Waals surface area contributed by atoms with Gasteiger partial charge in [0.05, 0.1) is 23.4 Å². The fourth-order valence-electron chi connectivity index (χ4n) is 3.55. The Morgan fingerprint density at radius 3 is 2.30 bits per heavy atom. The zero-order valence-corrected chi connectivity index (χ0v) is 20.8. The van der Waals surface area contributed by atoms with E-state index < -0.39 is 26.0 Å². The number of amides is 1. The summed E-state index contributed by atoms with van der Waals surface area (Å²) in [7, 11) is -4.40. The SMILES string of the molecule is CCCOc1ccc(N(CC(=O)N2CCc3cc(S(=O)(=O)N(C)C)ccc32)S(C)(=O)=O)cc1. The molecule has 1 aliphatic rings. The van der Waals surface area contributed by atoms with Crippen molar-refractivity contribution in [2.24, 2.45) is 0 Å². The second-order valence-corrected chi connectivity index (χ2v) is 12.0. The molecule has 0 aromatic heterocycles. The maximum absolute atomic E-state index is 13.1. The Bertz CT molecular complexity index is 1230. The van der Waals surface area contributed by atoms with Gasteiger partial charge in [0.2, 0.25) is 26.0 Å². The van der Waals surface area contributed by atoms with Crippen LogP contribution in [0.1, 0.15) is 18.9 Å². The summed E-state index contributed by atoms with van der Waals surface area (Å²) < 4.78 is 57.5. The summed E-state index contributed by atoms with van der Waals surface area (Å²) in [5.41, 5.74) is 1.69. The Morgan fingerprint density at radius 2 is 1.73 bits per heavy atom. The van der Waals surface area contributed by atoms with Crippen molar-refractivity contribution >= 4 is 37.3 Å². The van der Waals surface area contributed by atoms with Crippen molar-refractivity contribution in [3.63, 3.8) is 0 Å². The van der Waals surface area contributed by atoms with Crippen LogP contribution in [0.15, 0.2) is 47.4 Å². The van der Waals surface area contributed by atoms with Crippen molar-refractivity contribution in [2.45, 2.75) is 24.7 Å². The van der Waals surface area contributed by atoms with Gasteiger partial charge in [0, 0.05) is 26.3 Å². The molecule has 1 aliphatic heterocycles. The van der Waals surface area contributed by atoms with E-state index >= 15 is 0 Å². The van der Waals surface area contributed by atoms with E-state index in [0.29, 0.717) is 36.7 Å². The van der Waals surface area contributed by atoms with Crippen molar-refractivity contribution in [2.75, 3.05) is 49.3 Å². The molecule has 33 heavy (non-hydrogen) atoms. The van der Waals surface area contributed by atoms with Gasteiger partial charge in [-0.2, -0.15) is 0 Å². The molecule has 0 bridgehead atoms. The molecule has 0 atom stereocenters. The summed E-state index contributed by atoms with van der Waals surface area (Å²) in [5, 5.41) is 0. The van der Waals surface area contributed by atoms with Crippen molar-refractivity contribution in [1.29, 1.82) is 0 Å².